The zero-order chi connectivity index (χ0) is 28.0. The molecule has 0 fully saturated rings. The molecule has 10 nitrogen and oxygen atoms in total. The number of hydrogen-bond donors (Lipinski definition) is 2. The van der Waals surface area contributed by atoms with Crippen LogP contribution in [-0.4, -0.2) is 147 Å². The van der Waals surface area contributed by atoms with E-state index in [1.807, 2.05) is 13.8 Å². The smallest absolute Gasteiger partial charge is 0.104 e. The Labute approximate surface area is 239 Å². The fourth-order valence-electron chi connectivity index (χ4n) is 2.66. The third-order valence-corrected chi connectivity index (χ3v) is 4.89. The van der Waals surface area contributed by atoms with Gasteiger partial charge in [-0.2, -0.15) is 0 Å². The molecule has 0 rings (SSSR count). The van der Waals surface area contributed by atoms with Gasteiger partial charge in [0.15, 0.2) is 0 Å². The second-order valence-corrected chi connectivity index (χ2v) is 9.70. The number of rotatable bonds is 27. The average Bonchev–Trinajstić information content (AvgIpc) is 2.86. The summed E-state index contributed by atoms with van der Waals surface area (Å²) in [6.07, 6.45) is 3.29. The van der Waals surface area contributed by atoms with Crippen LogP contribution in [0.25, 0.3) is 0 Å². The summed E-state index contributed by atoms with van der Waals surface area (Å²) in [6.45, 7) is 14.7. The van der Waals surface area contributed by atoms with Crippen molar-refractivity contribution in [3.63, 3.8) is 0 Å². The van der Waals surface area contributed by atoms with Crippen molar-refractivity contribution in [2.75, 3.05) is 120 Å². The second-order valence-electron chi connectivity index (χ2n) is 9.70. The van der Waals surface area contributed by atoms with E-state index in [0.717, 1.165) is 36.9 Å². The molecule has 0 aliphatic carbocycles. The highest BCUT2D eigenvalue weighted by Gasteiger charge is 2.12. The molecule has 0 aliphatic rings. The molecule has 0 amide bonds. The van der Waals surface area contributed by atoms with Crippen LogP contribution >= 0.6 is 0 Å². The highest BCUT2D eigenvalue weighted by molar-refractivity contribution is 4.48. The summed E-state index contributed by atoms with van der Waals surface area (Å²) in [5.41, 5.74) is 0. The largest absolute Gasteiger partial charge is 1.00 e. The Balaban J connectivity index is -0.00000104. The van der Waals surface area contributed by atoms with E-state index in [0.29, 0.717) is 92.3 Å². The molecule has 0 bridgehead atoms. The fraction of sp³-hybridized carbons (Fsp3) is 1.00. The first-order valence-electron chi connectivity index (χ1n) is 14.0. The topological polar surface area (TPSA) is 105 Å². The number of halogens is 1. The summed E-state index contributed by atoms with van der Waals surface area (Å²) in [5.74, 6) is 0. The molecule has 2 N–H and O–H groups in total. The number of quaternary nitrogens is 1. The van der Waals surface area contributed by atoms with Crippen LogP contribution in [0.4, 0.5) is 0 Å². The van der Waals surface area contributed by atoms with E-state index in [1.54, 1.807) is 0 Å². The van der Waals surface area contributed by atoms with Crippen molar-refractivity contribution < 1.29 is 60.3 Å². The van der Waals surface area contributed by atoms with Crippen LogP contribution in [-0.2, 0) is 33.2 Å². The number of unbranched alkanes of at least 4 members (excludes halogenated alkanes) is 1. The molecule has 234 valence electrons. The van der Waals surface area contributed by atoms with Crippen molar-refractivity contribution in [3.8, 4) is 0 Å². The van der Waals surface area contributed by atoms with Gasteiger partial charge in [0.2, 0.25) is 0 Å². The molecule has 0 aromatic heterocycles. The van der Waals surface area contributed by atoms with Crippen molar-refractivity contribution in [1.29, 1.82) is 0 Å². The second kappa shape index (κ2) is 33.1. The standard InChI is InChI=1S/C20H42O8.C7H18NO.ClH/c1-3-5-6-22-7-8-23-9-10-24-11-12-25-13-14-26-15-16-27-17-18-28-19-20(21)4-2;1-5-7(9)6-8(2,3)4;/h20-21H,3-19H2,1-2H3;7,9H,5-6H2,1-4H3;1H/q;+1;/p-1. The summed E-state index contributed by atoms with van der Waals surface area (Å²) >= 11 is 0. The van der Waals surface area contributed by atoms with Gasteiger partial charge in [0.25, 0.3) is 0 Å². The number of nitrogens with zero attached hydrogens (tertiary/aromatic N) is 1. The van der Waals surface area contributed by atoms with Crippen molar-refractivity contribution in [1.82, 2.24) is 0 Å². The predicted molar refractivity (Wildman–Crippen MR) is 146 cm³/mol. The number of hydrogen-bond acceptors (Lipinski definition) is 9. The van der Waals surface area contributed by atoms with Crippen molar-refractivity contribution >= 4 is 0 Å². The first-order valence-corrected chi connectivity index (χ1v) is 14.0. The van der Waals surface area contributed by atoms with E-state index in [1.165, 1.54) is 0 Å². The SMILES string of the molecule is CCC(O)C[N+](C)(C)C.CCCCOCCOCCOCCOCCOCCOCCOCC(O)CC.[Cl-]. The van der Waals surface area contributed by atoms with Crippen LogP contribution in [0.3, 0.4) is 0 Å². The van der Waals surface area contributed by atoms with Gasteiger partial charge in [0.05, 0.1) is 113 Å². The van der Waals surface area contributed by atoms with E-state index in [-0.39, 0.29) is 24.6 Å². The number of ether oxygens (including phenoxy) is 7. The highest BCUT2D eigenvalue weighted by Crippen LogP contribution is 1.97. The minimum absolute atomic E-state index is 0. The summed E-state index contributed by atoms with van der Waals surface area (Å²) in [7, 11) is 6.25. The van der Waals surface area contributed by atoms with Crippen molar-refractivity contribution in [2.24, 2.45) is 0 Å². The van der Waals surface area contributed by atoms with E-state index in [9.17, 15) is 10.2 Å². The average molecular weight is 578 g/mol. The summed E-state index contributed by atoms with van der Waals surface area (Å²) in [5, 5.41) is 18.5. The molecular weight excluding hydrogens is 518 g/mol. The van der Waals surface area contributed by atoms with Gasteiger partial charge in [-0.3, -0.25) is 0 Å². The normalized spacial score (nSPS) is 12.9. The van der Waals surface area contributed by atoms with Gasteiger partial charge in [0, 0.05) is 6.61 Å². The Morgan fingerprint density at radius 1 is 0.500 bits per heavy atom. The molecule has 0 aliphatic heterocycles. The zero-order valence-corrected chi connectivity index (χ0v) is 25.9. The molecule has 2 unspecified atom stereocenters. The van der Waals surface area contributed by atoms with Crippen LogP contribution < -0.4 is 12.4 Å². The summed E-state index contributed by atoms with van der Waals surface area (Å²) in [4.78, 5) is 0. The van der Waals surface area contributed by atoms with Crippen LogP contribution in [0, 0.1) is 0 Å². The number of likely N-dealkylation sites (N-methyl/N-ethyl adjacent to an activating group) is 1. The van der Waals surface area contributed by atoms with Crippen molar-refractivity contribution in [3.05, 3.63) is 0 Å². The monoisotopic (exact) mass is 577 g/mol. The minimum Gasteiger partial charge on any atom is -1.00 e. The Kier molecular flexibility index (Phi) is 36.9. The Bertz CT molecular complexity index is 432. The van der Waals surface area contributed by atoms with Gasteiger partial charge in [-0.1, -0.05) is 27.2 Å². The quantitative estimate of drug-likeness (QED) is 0.0953. The van der Waals surface area contributed by atoms with Gasteiger partial charge in [-0.05, 0) is 19.3 Å². The van der Waals surface area contributed by atoms with Crippen LogP contribution in [0.15, 0.2) is 0 Å². The van der Waals surface area contributed by atoms with E-state index in [4.69, 9.17) is 33.2 Å². The molecule has 0 aromatic rings. The first kappa shape index (κ1) is 42.4. The lowest BCUT2D eigenvalue weighted by Crippen LogP contribution is -3.00. The predicted octanol–water partition coefficient (Wildman–Crippen LogP) is -0.859. The van der Waals surface area contributed by atoms with E-state index < -0.39 is 0 Å². The van der Waals surface area contributed by atoms with Gasteiger partial charge in [-0.15, -0.1) is 0 Å². The Hall–Kier alpha value is -0.110. The maximum absolute atomic E-state index is 9.31. The molecule has 0 saturated carbocycles. The van der Waals surface area contributed by atoms with Gasteiger partial charge in [0.1, 0.15) is 12.6 Å². The third kappa shape index (κ3) is 40.4. The summed E-state index contributed by atoms with van der Waals surface area (Å²) in [6, 6.07) is 0. The first-order chi connectivity index (χ1) is 17.8. The maximum atomic E-state index is 9.31. The van der Waals surface area contributed by atoms with Crippen molar-refractivity contribution in [2.45, 2.75) is 58.7 Å². The Morgan fingerprint density at radius 3 is 1.08 bits per heavy atom. The molecular formula is C27H60ClNO9. The lowest BCUT2D eigenvalue weighted by molar-refractivity contribution is -0.873. The zero-order valence-electron chi connectivity index (χ0n) is 25.2. The third-order valence-electron chi connectivity index (χ3n) is 4.89. The molecule has 0 aromatic carbocycles. The van der Waals surface area contributed by atoms with Gasteiger partial charge >= 0.3 is 0 Å². The van der Waals surface area contributed by atoms with E-state index in [2.05, 4.69) is 28.1 Å². The molecule has 0 spiro atoms. The number of aliphatic hydroxyl groups is 2. The maximum Gasteiger partial charge on any atom is 0.104 e. The van der Waals surface area contributed by atoms with Gasteiger partial charge < -0.3 is 60.3 Å². The number of aliphatic hydroxyl groups excluding tert-OH is 2. The highest BCUT2D eigenvalue weighted by atomic mass is 35.5. The molecule has 2 atom stereocenters. The lowest BCUT2D eigenvalue weighted by atomic mass is 10.2. The van der Waals surface area contributed by atoms with E-state index >= 15 is 0 Å². The molecule has 0 radical (unpaired) electrons. The molecule has 11 heteroatoms. The van der Waals surface area contributed by atoms with Crippen LogP contribution in [0.2, 0.25) is 0 Å². The summed E-state index contributed by atoms with van der Waals surface area (Å²) < 4.78 is 38.5. The Morgan fingerprint density at radius 2 is 0.816 bits per heavy atom. The van der Waals surface area contributed by atoms with Gasteiger partial charge in [-0.25, -0.2) is 0 Å². The lowest BCUT2D eigenvalue weighted by Gasteiger charge is -2.26. The molecule has 0 saturated heterocycles. The molecule has 0 heterocycles. The fourth-order valence-corrected chi connectivity index (χ4v) is 2.66. The van der Waals surface area contributed by atoms with Crippen LogP contribution in [0.5, 0.6) is 0 Å². The minimum atomic E-state index is -0.387. The van der Waals surface area contributed by atoms with Crippen LogP contribution in [0.1, 0.15) is 46.5 Å². The molecule has 38 heavy (non-hydrogen) atoms.